The number of carbonyl (C=O) groups is 1. The van der Waals surface area contributed by atoms with Crippen LogP contribution in [0.5, 0.6) is 0 Å². The largest absolute Gasteiger partial charge is 0.396 e. The van der Waals surface area contributed by atoms with Crippen molar-refractivity contribution in [3.8, 4) is 11.1 Å². The number of aryl methyl sites for hydroxylation is 3. The minimum absolute atomic E-state index is 0.0859. The normalized spacial score (nSPS) is 15.4. The van der Waals surface area contributed by atoms with Crippen molar-refractivity contribution in [1.82, 2.24) is 14.8 Å². The van der Waals surface area contributed by atoms with Crippen LogP contribution < -0.4 is 21.1 Å². The molecule has 0 radical (unpaired) electrons. The van der Waals surface area contributed by atoms with Gasteiger partial charge in [-0.2, -0.15) is 0 Å². The first-order valence-electron chi connectivity index (χ1n) is 14.6. The van der Waals surface area contributed by atoms with Crippen LogP contribution in [-0.2, 0) is 19.9 Å². The van der Waals surface area contributed by atoms with Crippen molar-refractivity contribution < 1.29 is 9.90 Å². The summed E-state index contributed by atoms with van der Waals surface area (Å²) in [6, 6.07) is 13.4. The molecule has 2 aliphatic rings. The van der Waals surface area contributed by atoms with Crippen LogP contribution in [0.15, 0.2) is 53.5 Å². The Balaban J connectivity index is 1.20. The lowest BCUT2D eigenvalue weighted by molar-refractivity contribution is 0.103. The predicted octanol–water partition coefficient (Wildman–Crippen LogP) is 5.30. The molecule has 1 fully saturated rings. The second-order valence-electron chi connectivity index (χ2n) is 11.3. The second kappa shape index (κ2) is 12.1. The quantitative estimate of drug-likeness (QED) is 0.270. The van der Waals surface area contributed by atoms with Gasteiger partial charge in [0.25, 0.3) is 11.5 Å². The third kappa shape index (κ3) is 5.82. The molecule has 3 N–H and O–H groups in total. The Hall–Kier alpha value is -4.02. The van der Waals surface area contributed by atoms with Gasteiger partial charge >= 0.3 is 0 Å². The number of amides is 1. The van der Waals surface area contributed by atoms with Gasteiger partial charge < -0.3 is 25.2 Å². The van der Waals surface area contributed by atoms with Crippen LogP contribution in [0.1, 0.15) is 51.4 Å². The maximum atomic E-state index is 13.2. The number of piperidine rings is 1. The second-order valence-corrected chi connectivity index (χ2v) is 12.4. The standard InChI is InChI=1S/C32H36N6O3S/c1-20-24(7-5-8-25(20)34-31(40)28-17-22-6-3-4-9-27(22)42-28)23-16-26(32(41)37(2)18-23)33-29-10-11-30(36-35-29)38-14-12-21(19-39)13-15-38/h5,7-8,10-11,16-18,21,39H,3-4,6,9,12-15,19H2,1-2H3,(H,33,35)(H,34,40). The van der Waals surface area contributed by atoms with E-state index in [2.05, 4.69) is 25.7 Å². The monoisotopic (exact) mass is 584 g/mol. The molecule has 1 aliphatic carbocycles. The number of hydrogen-bond donors (Lipinski definition) is 3. The van der Waals surface area contributed by atoms with Crippen LogP contribution in [0.2, 0.25) is 0 Å². The van der Waals surface area contributed by atoms with Crippen molar-refractivity contribution in [3.05, 3.63) is 79.9 Å². The summed E-state index contributed by atoms with van der Waals surface area (Å²) in [6.45, 7) is 3.88. The number of rotatable bonds is 7. The molecule has 1 saturated heterocycles. The lowest BCUT2D eigenvalue weighted by Crippen LogP contribution is -2.35. The number of nitrogens with one attached hydrogen (secondary N) is 2. The number of aliphatic hydroxyl groups is 1. The first-order chi connectivity index (χ1) is 20.4. The molecule has 0 unspecified atom stereocenters. The summed E-state index contributed by atoms with van der Waals surface area (Å²) in [5.41, 5.74) is 4.95. The molecule has 0 bridgehead atoms. The van der Waals surface area contributed by atoms with E-state index in [1.165, 1.54) is 23.3 Å². The van der Waals surface area contributed by atoms with Gasteiger partial charge in [-0.1, -0.05) is 12.1 Å². The van der Waals surface area contributed by atoms with Crippen molar-refractivity contribution >= 4 is 40.3 Å². The third-order valence-electron chi connectivity index (χ3n) is 8.41. The number of carbonyl (C=O) groups excluding carboxylic acids is 1. The zero-order valence-electron chi connectivity index (χ0n) is 24.0. The molecule has 0 atom stereocenters. The molecule has 1 aliphatic heterocycles. The lowest BCUT2D eigenvalue weighted by atomic mass is 9.98. The Kier molecular flexibility index (Phi) is 8.08. The van der Waals surface area contributed by atoms with E-state index in [0.29, 0.717) is 17.4 Å². The van der Waals surface area contributed by atoms with Gasteiger partial charge in [-0.3, -0.25) is 9.59 Å². The molecule has 3 aromatic heterocycles. The van der Waals surface area contributed by atoms with E-state index >= 15 is 0 Å². The summed E-state index contributed by atoms with van der Waals surface area (Å²) < 4.78 is 1.55. The summed E-state index contributed by atoms with van der Waals surface area (Å²) in [5, 5.41) is 24.4. The van der Waals surface area contributed by atoms with Gasteiger partial charge in [0.05, 0.1) is 4.88 Å². The summed E-state index contributed by atoms with van der Waals surface area (Å²) in [4.78, 5) is 30.5. The number of aromatic nitrogens is 3. The number of pyridine rings is 1. The van der Waals surface area contributed by atoms with Crippen molar-refractivity contribution in [2.45, 2.75) is 45.4 Å². The first kappa shape index (κ1) is 28.1. The summed E-state index contributed by atoms with van der Waals surface area (Å²) in [7, 11) is 1.72. The van der Waals surface area contributed by atoms with Gasteiger partial charge in [-0.15, -0.1) is 21.5 Å². The number of hydrogen-bond acceptors (Lipinski definition) is 8. The van der Waals surface area contributed by atoms with Crippen molar-refractivity contribution in [2.75, 3.05) is 35.2 Å². The molecule has 10 heteroatoms. The smallest absolute Gasteiger partial charge is 0.274 e. The third-order valence-corrected chi connectivity index (χ3v) is 9.64. The fourth-order valence-corrected chi connectivity index (χ4v) is 7.01. The van der Waals surface area contributed by atoms with Crippen molar-refractivity contribution in [3.63, 3.8) is 0 Å². The number of aliphatic hydroxyl groups excluding tert-OH is 1. The maximum Gasteiger partial charge on any atom is 0.274 e. The van der Waals surface area contributed by atoms with Crippen LogP contribution >= 0.6 is 11.3 Å². The average molecular weight is 585 g/mol. The minimum atomic E-state index is -0.181. The van der Waals surface area contributed by atoms with Crippen molar-refractivity contribution in [1.29, 1.82) is 0 Å². The molecule has 4 heterocycles. The molecule has 1 amide bonds. The van der Waals surface area contributed by atoms with Crippen LogP contribution in [-0.4, -0.2) is 45.5 Å². The summed E-state index contributed by atoms with van der Waals surface area (Å²) in [5.74, 6) is 1.54. The number of fused-ring (bicyclic) bond motifs is 1. The molecular weight excluding hydrogens is 548 g/mol. The minimum Gasteiger partial charge on any atom is -0.396 e. The number of thiophene rings is 1. The molecule has 6 rings (SSSR count). The van der Waals surface area contributed by atoms with E-state index < -0.39 is 0 Å². The van der Waals surface area contributed by atoms with Gasteiger partial charge in [-0.25, -0.2) is 0 Å². The Morgan fingerprint density at radius 1 is 1.07 bits per heavy atom. The first-order valence-corrected chi connectivity index (χ1v) is 15.4. The van der Waals surface area contributed by atoms with E-state index in [-0.39, 0.29) is 18.1 Å². The topological polar surface area (TPSA) is 112 Å². The molecule has 218 valence electrons. The van der Waals surface area contributed by atoms with E-state index in [4.69, 9.17) is 0 Å². The van der Waals surface area contributed by atoms with Gasteiger partial charge in [0.1, 0.15) is 5.69 Å². The van der Waals surface area contributed by atoms with Gasteiger partial charge in [0.2, 0.25) is 0 Å². The zero-order chi connectivity index (χ0) is 29.2. The SMILES string of the molecule is Cc1c(NC(=O)c2cc3c(s2)CCCC3)cccc1-c1cc(Nc2ccc(N3CCC(CO)CC3)nn2)c(=O)n(C)c1. The van der Waals surface area contributed by atoms with Crippen LogP contribution in [0.4, 0.5) is 23.0 Å². The summed E-state index contributed by atoms with van der Waals surface area (Å²) in [6.07, 6.45) is 8.16. The molecule has 9 nitrogen and oxygen atoms in total. The Labute approximate surface area is 249 Å². The number of nitrogens with zero attached hydrogens (tertiary/aromatic N) is 4. The highest BCUT2D eigenvalue weighted by atomic mass is 32.1. The molecule has 0 spiro atoms. The van der Waals surface area contributed by atoms with Gasteiger partial charge in [-0.05, 0) is 98.4 Å². The van der Waals surface area contributed by atoms with Gasteiger partial charge in [0, 0.05) is 49.1 Å². The van der Waals surface area contributed by atoms with E-state index in [9.17, 15) is 14.7 Å². The van der Waals surface area contributed by atoms with Gasteiger partial charge in [0.15, 0.2) is 11.6 Å². The highest BCUT2D eigenvalue weighted by molar-refractivity contribution is 7.14. The number of benzene rings is 1. The lowest BCUT2D eigenvalue weighted by Gasteiger charge is -2.31. The fourth-order valence-electron chi connectivity index (χ4n) is 5.86. The predicted molar refractivity (Wildman–Crippen MR) is 168 cm³/mol. The molecular formula is C32H36N6O3S. The Morgan fingerprint density at radius 3 is 2.62 bits per heavy atom. The molecule has 4 aromatic rings. The van der Waals surface area contributed by atoms with E-state index in [1.807, 2.05) is 49.4 Å². The molecule has 42 heavy (non-hydrogen) atoms. The summed E-state index contributed by atoms with van der Waals surface area (Å²) >= 11 is 1.60. The fraction of sp³-hybridized carbons (Fsp3) is 0.375. The molecule has 1 aromatic carbocycles. The molecule has 0 saturated carbocycles. The maximum absolute atomic E-state index is 13.2. The highest BCUT2D eigenvalue weighted by Gasteiger charge is 2.21. The Bertz CT molecular complexity index is 1630. The van der Waals surface area contributed by atoms with Crippen LogP contribution in [0.25, 0.3) is 11.1 Å². The van der Waals surface area contributed by atoms with E-state index in [0.717, 1.165) is 71.8 Å². The van der Waals surface area contributed by atoms with Crippen molar-refractivity contribution in [2.24, 2.45) is 13.0 Å². The Morgan fingerprint density at radius 2 is 1.88 bits per heavy atom. The van der Waals surface area contributed by atoms with E-state index in [1.54, 1.807) is 29.1 Å². The highest BCUT2D eigenvalue weighted by Crippen LogP contribution is 2.33. The van der Waals surface area contributed by atoms with Crippen LogP contribution in [0, 0.1) is 12.8 Å². The zero-order valence-corrected chi connectivity index (χ0v) is 24.8. The average Bonchev–Trinajstić information content (AvgIpc) is 3.46. The number of anilines is 4. The van der Waals surface area contributed by atoms with Crippen LogP contribution in [0.3, 0.4) is 0 Å².